The number of benzene rings is 3. The molecule has 149 valence electrons. The van der Waals surface area contributed by atoms with Crippen LogP contribution < -0.4 is 0 Å². The minimum absolute atomic E-state index is 0. The molecular formula is C26H19IrN3-2. The molecule has 0 bridgehead atoms. The van der Waals surface area contributed by atoms with Crippen molar-refractivity contribution in [3.8, 4) is 22.5 Å². The van der Waals surface area contributed by atoms with Crippen LogP contribution in [0.5, 0.6) is 0 Å². The number of rotatable bonds is 2. The summed E-state index contributed by atoms with van der Waals surface area (Å²) in [5.74, 6) is 0. The Morgan fingerprint density at radius 1 is 0.633 bits per heavy atom. The summed E-state index contributed by atoms with van der Waals surface area (Å²) in [4.78, 5) is 13.4. The smallest absolute Gasteiger partial charge is 0.0870 e. The first-order chi connectivity index (χ1) is 14.3. The van der Waals surface area contributed by atoms with Gasteiger partial charge in [-0.15, -0.1) is 71.8 Å². The van der Waals surface area contributed by atoms with Crippen molar-refractivity contribution in [1.82, 2.24) is 15.0 Å². The second kappa shape index (κ2) is 10.5. The zero-order valence-electron chi connectivity index (χ0n) is 16.4. The van der Waals surface area contributed by atoms with Crippen LogP contribution in [0.1, 0.15) is 5.69 Å². The van der Waals surface area contributed by atoms with Gasteiger partial charge in [0.25, 0.3) is 0 Å². The standard InChI is InChI=1S/C15H11N2.C11H8N.Ir/c1-11-15(12-7-3-2-4-8-12)17-14-10-6-5-9-13(14)16-11;1-2-6-10(7-3-1)11-8-4-5-9-12-11;/h2-7,9-10H,1H3;1-6,8-9H;/q2*-1;. The summed E-state index contributed by atoms with van der Waals surface area (Å²) in [7, 11) is 0. The van der Waals surface area contributed by atoms with E-state index in [1.54, 1.807) is 6.20 Å². The number of pyridine rings is 1. The molecule has 3 aromatic carbocycles. The Bertz CT molecular complexity index is 1160. The zero-order valence-corrected chi connectivity index (χ0v) is 18.8. The van der Waals surface area contributed by atoms with E-state index >= 15 is 0 Å². The normalized spacial score (nSPS) is 9.90. The van der Waals surface area contributed by atoms with Gasteiger partial charge in [-0.25, -0.2) is 0 Å². The van der Waals surface area contributed by atoms with Crippen LogP contribution in [0.3, 0.4) is 0 Å². The summed E-state index contributed by atoms with van der Waals surface area (Å²) in [6.07, 6.45) is 1.79. The number of hydrogen-bond donors (Lipinski definition) is 0. The molecule has 5 aromatic rings. The molecule has 4 heteroatoms. The maximum Gasteiger partial charge on any atom is 0.0870 e. The Balaban J connectivity index is 0.000000175. The summed E-state index contributed by atoms with van der Waals surface area (Å²) in [6, 6.07) is 35.8. The van der Waals surface area contributed by atoms with E-state index in [2.05, 4.69) is 27.1 Å². The van der Waals surface area contributed by atoms with Crippen LogP contribution in [-0.2, 0) is 20.1 Å². The van der Waals surface area contributed by atoms with Crippen LogP contribution in [0.15, 0.2) is 97.2 Å². The summed E-state index contributed by atoms with van der Waals surface area (Å²) in [5.41, 5.74) is 6.70. The van der Waals surface area contributed by atoms with Gasteiger partial charge in [0.1, 0.15) is 0 Å². The quantitative estimate of drug-likeness (QED) is 0.248. The molecule has 5 rings (SSSR count). The molecule has 2 heterocycles. The van der Waals surface area contributed by atoms with E-state index in [0.29, 0.717) is 0 Å². The van der Waals surface area contributed by atoms with E-state index in [9.17, 15) is 0 Å². The van der Waals surface area contributed by atoms with Crippen molar-refractivity contribution in [3.63, 3.8) is 0 Å². The van der Waals surface area contributed by atoms with Gasteiger partial charge >= 0.3 is 0 Å². The van der Waals surface area contributed by atoms with Crippen LogP contribution in [0.4, 0.5) is 0 Å². The minimum Gasteiger partial charge on any atom is -0.305 e. The SMILES string of the molecule is Cc1nc2ccccc2nc1-c1[c-]cccc1.[Ir].[c-]1ccccc1-c1ccccn1. The van der Waals surface area contributed by atoms with Gasteiger partial charge in [-0.05, 0) is 30.8 Å². The predicted octanol–water partition coefficient (Wildman–Crippen LogP) is 5.95. The first kappa shape index (κ1) is 21.5. The first-order valence-corrected chi connectivity index (χ1v) is 9.40. The average Bonchev–Trinajstić information content (AvgIpc) is 2.81. The van der Waals surface area contributed by atoms with Crippen molar-refractivity contribution < 1.29 is 20.1 Å². The molecule has 0 N–H and O–H groups in total. The van der Waals surface area contributed by atoms with Gasteiger partial charge in [0.15, 0.2) is 0 Å². The van der Waals surface area contributed by atoms with E-state index in [0.717, 1.165) is 39.2 Å². The number of hydrogen-bond acceptors (Lipinski definition) is 3. The van der Waals surface area contributed by atoms with Crippen LogP contribution >= 0.6 is 0 Å². The average molecular weight is 566 g/mol. The molecule has 2 aromatic heterocycles. The Morgan fingerprint density at radius 2 is 1.23 bits per heavy atom. The topological polar surface area (TPSA) is 38.7 Å². The molecule has 0 atom stereocenters. The van der Waals surface area contributed by atoms with Crippen LogP contribution in [-0.4, -0.2) is 15.0 Å². The number of fused-ring (bicyclic) bond motifs is 1. The third-order valence-electron chi connectivity index (χ3n) is 4.36. The first-order valence-electron chi connectivity index (χ1n) is 9.40. The van der Waals surface area contributed by atoms with Gasteiger partial charge < -0.3 is 4.98 Å². The Hall–Kier alpha value is -3.20. The fourth-order valence-corrected chi connectivity index (χ4v) is 2.96. The summed E-state index contributed by atoms with van der Waals surface area (Å²) >= 11 is 0. The number of para-hydroxylation sites is 2. The molecule has 0 spiro atoms. The van der Waals surface area contributed by atoms with E-state index in [1.807, 2.05) is 97.9 Å². The third kappa shape index (κ3) is 5.24. The predicted molar refractivity (Wildman–Crippen MR) is 117 cm³/mol. The van der Waals surface area contributed by atoms with Gasteiger partial charge in [-0.1, -0.05) is 24.3 Å². The maximum absolute atomic E-state index is 4.65. The van der Waals surface area contributed by atoms with E-state index < -0.39 is 0 Å². The van der Waals surface area contributed by atoms with E-state index in [-0.39, 0.29) is 20.1 Å². The van der Waals surface area contributed by atoms with E-state index in [1.165, 1.54) is 0 Å². The molecule has 30 heavy (non-hydrogen) atoms. The van der Waals surface area contributed by atoms with E-state index in [4.69, 9.17) is 0 Å². The van der Waals surface area contributed by atoms with Gasteiger partial charge in [-0.3, -0.25) is 9.97 Å². The molecule has 0 amide bonds. The van der Waals surface area contributed by atoms with Crippen LogP contribution in [0, 0.1) is 19.1 Å². The van der Waals surface area contributed by atoms with Crippen molar-refractivity contribution in [2.24, 2.45) is 0 Å². The molecular weight excluding hydrogens is 547 g/mol. The summed E-state index contributed by atoms with van der Waals surface area (Å²) in [6.45, 7) is 1.98. The van der Waals surface area contributed by atoms with Crippen molar-refractivity contribution in [3.05, 3.63) is 115 Å². The van der Waals surface area contributed by atoms with Gasteiger partial charge in [-0.2, -0.15) is 0 Å². The van der Waals surface area contributed by atoms with Crippen molar-refractivity contribution >= 4 is 11.0 Å². The molecule has 0 aliphatic rings. The summed E-state index contributed by atoms with van der Waals surface area (Å²) < 4.78 is 0. The molecule has 0 saturated heterocycles. The number of aryl methyl sites for hydroxylation is 1. The Morgan fingerprint density at radius 3 is 1.83 bits per heavy atom. The fourth-order valence-electron chi connectivity index (χ4n) is 2.96. The molecule has 3 nitrogen and oxygen atoms in total. The minimum atomic E-state index is 0. The molecule has 1 radical (unpaired) electrons. The molecule has 0 aliphatic carbocycles. The van der Waals surface area contributed by atoms with Crippen LogP contribution in [0.25, 0.3) is 33.5 Å². The van der Waals surface area contributed by atoms with Gasteiger partial charge in [0.2, 0.25) is 0 Å². The van der Waals surface area contributed by atoms with Crippen molar-refractivity contribution in [1.29, 1.82) is 0 Å². The second-order valence-electron chi connectivity index (χ2n) is 6.41. The third-order valence-corrected chi connectivity index (χ3v) is 4.36. The Kier molecular flexibility index (Phi) is 7.56. The molecule has 0 saturated carbocycles. The fraction of sp³-hybridized carbons (Fsp3) is 0.0385. The van der Waals surface area contributed by atoms with Gasteiger partial charge in [0.05, 0.1) is 11.0 Å². The molecule has 0 unspecified atom stereocenters. The van der Waals surface area contributed by atoms with Crippen molar-refractivity contribution in [2.75, 3.05) is 0 Å². The molecule has 0 fully saturated rings. The number of nitrogens with zero attached hydrogens (tertiary/aromatic N) is 3. The monoisotopic (exact) mass is 566 g/mol. The molecule has 0 aliphatic heterocycles. The van der Waals surface area contributed by atoms with Gasteiger partial charge in [0, 0.05) is 37.7 Å². The Labute approximate surface area is 190 Å². The zero-order chi connectivity index (χ0) is 19.9. The summed E-state index contributed by atoms with van der Waals surface area (Å²) in [5, 5.41) is 0. The second-order valence-corrected chi connectivity index (χ2v) is 6.41. The van der Waals surface area contributed by atoms with Crippen LogP contribution in [0.2, 0.25) is 0 Å². The maximum atomic E-state index is 4.65. The largest absolute Gasteiger partial charge is 0.305 e. The van der Waals surface area contributed by atoms with Crippen molar-refractivity contribution in [2.45, 2.75) is 6.92 Å². The number of aromatic nitrogens is 3.